The quantitative estimate of drug-likeness (QED) is 0.0921. The number of anilines is 4. The van der Waals surface area contributed by atoms with Crippen molar-refractivity contribution in [2.45, 2.75) is 13.2 Å². The van der Waals surface area contributed by atoms with Crippen molar-refractivity contribution in [3.8, 4) is 17.2 Å². The molecule has 0 unspecified atom stereocenters. The van der Waals surface area contributed by atoms with Crippen LogP contribution in [0, 0.1) is 0 Å². The monoisotopic (exact) mass is 619 g/mol. The van der Waals surface area contributed by atoms with Gasteiger partial charge in [-0.05, 0) is 72.3 Å². The van der Waals surface area contributed by atoms with E-state index in [1.54, 1.807) is 51.0 Å². The van der Waals surface area contributed by atoms with Crippen LogP contribution >= 0.6 is 23.2 Å². The Morgan fingerprint density at radius 2 is 1.67 bits per heavy atom. The van der Waals surface area contributed by atoms with Crippen LogP contribution in [0.3, 0.4) is 0 Å². The normalized spacial score (nSPS) is 10.9. The van der Waals surface area contributed by atoms with Crippen LogP contribution in [0.2, 0.25) is 10.0 Å². The molecule has 5 rings (SSSR count). The molecule has 5 aromatic rings. The van der Waals surface area contributed by atoms with Crippen LogP contribution in [0.25, 0.3) is 0 Å². The fourth-order valence-electron chi connectivity index (χ4n) is 3.79. The van der Waals surface area contributed by atoms with E-state index in [0.29, 0.717) is 40.0 Å². The molecule has 43 heavy (non-hydrogen) atoms. The fraction of sp³-hybridized carbons (Fsp3) is 0.133. The lowest BCUT2D eigenvalue weighted by atomic mass is 10.2. The van der Waals surface area contributed by atoms with E-state index in [9.17, 15) is 0 Å². The average molecular weight is 620 g/mol. The van der Waals surface area contributed by atoms with E-state index >= 15 is 0 Å². The number of rotatable bonds is 13. The van der Waals surface area contributed by atoms with E-state index in [1.165, 1.54) is 0 Å². The second kappa shape index (κ2) is 14.3. The molecule has 11 nitrogen and oxygen atoms in total. The van der Waals surface area contributed by atoms with Gasteiger partial charge in [0.25, 0.3) is 0 Å². The number of aromatic nitrogens is 3. The fourth-order valence-corrected chi connectivity index (χ4v) is 4.25. The van der Waals surface area contributed by atoms with E-state index in [4.69, 9.17) is 41.8 Å². The molecule has 0 saturated carbocycles. The van der Waals surface area contributed by atoms with Crippen LogP contribution in [0.15, 0.2) is 88.6 Å². The van der Waals surface area contributed by atoms with Gasteiger partial charge in [-0.25, -0.2) is 5.43 Å². The molecule has 0 spiro atoms. The average Bonchev–Trinajstić information content (AvgIpc) is 3.54. The van der Waals surface area contributed by atoms with Crippen LogP contribution in [-0.4, -0.2) is 35.4 Å². The maximum atomic E-state index is 6.26. The summed E-state index contributed by atoms with van der Waals surface area (Å²) in [5.74, 6) is 3.40. The summed E-state index contributed by atoms with van der Waals surface area (Å²) in [6.45, 7) is 0.643. The number of methoxy groups -OCH3 is 2. The van der Waals surface area contributed by atoms with Crippen molar-refractivity contribution in [1.82, 2.24) is 15.0 Å². The van der Waals surface area contributed by atoms with Gasteiger partial charge in [0, 0.05) is 21.3 Å². The molecule has 0 saturated heterocycles. The molecule has 2 aromatic heterocycles. The Bertz CT molecular complexity index is 1680. The minimum Gasteiger partial charge on any atom is -0.497 e. The number of furan rings is 1. The molecular formula is C30H27Cl2N7O4. The summed E-state index contributed by atoms with van der Waals surface area (Å²) in [7, 11) is 3.18. The van der Waals surface area contributed by atoms with Crippen molar-refractivity contribution in [3.05, 3.63) is 106 Å². The van der Waals surface area contributed by atoms with Crippen LogP contribution in [-0.2, 0) is 13.2 Å². The van der Waals surface area contributed by atoms with E-state index in [-0.39, 0.29) is 12.6 Å². The second-order valence-corrected chi connectivity index (χ2v) is 9.74. The first-order valence-electron chi connectivity index (χ1n) is 13.0. The largest absolute Gasteiger partial charge is 0.497 e. The van der Waals surface area contributed by atoms with Gasteiger partial charge in [0.2, 0.25) is 17.8 Å². The number of nitrogens with zero attached hydrogens (tertiary/aromatic N) is 4. The van der Waals surface area contributed by atoms with Crippen LogP contribution in [0.5, 0.6) is 17.2 Å². The van der Waals surface area contributed by atoms with Crippen molar-refractivity contribution >= 4 is 52.9 Å². The summed E-state index contributed by atoms with van der Waals surface area (Å²) in [6, 6.07) is 21.7. The van der Waals surface area contributed by atoms with Gasteiger partial charge in [-0.2, -0.15) is 20.1 Å². The van der Waals surface area contributed by atoms with Gasteiger partial charge in [-0.15, -0.1) is 0 Å². The number of hydrazone groups is 1. The van der Waals surface area contributed by atoms with E-state index in [2.05, 4.69) is 36.1 Å². The van der Waals surface area contributed by atoms with Crippen LogP contribution in [0.1, 0.15) is 16.9 Å². The highest BCUT2D eigenvalue weighted by atomic mass is 35.5. The molecule has 0 aliphatic carbocycles. The minimum atomic E-state index is 0.218. The third kappa shape index (κ3) is 8.28. The van der Waals surface area contributed by atoms with Gasteiger partial charge >= 0.3 is 0 Å². The standard InChI is InChI=1S/C30H27Cl2N7O4/c1-40-23-10-8-22(9-11-23)35-29-36-28(33-17-24-4-3-13-42-24)37-30(38-29)39-34-16-19-5-12-26(27(14-19)41-2)43-18-20-6-7-21(31)15-25(20)32/h3-16H,17-18H2,1-2H3,(H3,33,35,36,37,38,39)/b34-16-. The molecule has 0 aliphatic heterocycles. The van der Waals surface area contributed by atoms with Crippen molar-refractivity contribution in [3.63, 3.8) is 0 Å². The zero-order chi connectivity index (χ0) is 30.0. The molecule has 0 bridgehead atoms. The molecule has 3 N–H and O–H groups in total. The first kappa shape index (κ1) is 29.5. The highest BCUT2D eigenvalue weighted by Gasteiger charge is 2.10. The summed E-state index contributed by atoms with van der Waals surface area (Å²) in [4.78, 5) is 13.3. The number of benzene rings is 3. The Morgan fingerprint density at radius 3 is 2.42 bits per heavy atom. The topological polar surface area (TPSA) is 128 Å². The molecule has 13 heteroatoms. The third-order valence-corrected chi connectivity index (χ3v) is 6.53. The molecule has 2 heterocycles. The summed E-state index contributed by atoms with van der Waals surface area (Å²) in [6.07, 6.45) is 3.21. The highest BCUT2D eigenvalue weighted by Crippen LogP contribution is 2.30. The van der Waals surface area contributed by atoms with Crippen LogP contribution in [0.4, 0.5) is 23.5 Å². The third-order valence-electron chi connectivity index (χ3n) is 5.95. The van der Waals surface area contributed by atoms with Gasteiger partial charge < -0.3 is 29.3 Å². The lowest BCUT2D eigenvalue weighted by Gasteiger charge is -2.12. The summed E-state index contributed by atoms with van der Waals surface area (Å²) < 4.78 is 22.1. The Balaban J connectivity index is 1.28. The van der Waals surface area contributed by atoms with E-state index < -0.39 is 0 Å². The van der Waals surface area contributed by atoms with Crippen molar-refractivity contribution in [1.29, 1.82) is 0 Å². The lowest BCUT2D eigenvalue weighted by molar-refractivity contribution is 0.284. The SMILES string of the molecule is COc1ccc(Nc2nc(NCc3ccco3)nc(N/N=C\c3ccc(OCc4ccc(Cl)cc4Cl)c(OC)c3)n2)cc1. The molecule has 0 radical (unpaired) electrons. The summed E-state index contributed by atoms with van der Waals surface area (Å²) in [5, 5.41) is 11.7. The molecular weight excluding hydrogens is 593 g/mol. The van der Waals surface area contributed by atoms with Gasteiger partial charge in [0.15, 0.2) is 11.5 Å². The Hall–Kier alpha value is -5.00. The number of halogens is 2. The zero-order valence-corrected chi connectivity index (χ0v) is 24.7. The predicted molar refractivity (Wildman–Crippen MR) is 167 cm³/mol. The molecule has 0 aliphatic rings. The smallest absolute Gasteiger partial charge is 0.250 e. The van der Waals surface area contributed by atoms with E-state index in [0.717, 1.165) is 28.3 Å². The number of hydrogen-bond donors (Lipinski definition) is 3. The van der Waals surface area contributed by atoms with E-state index in [1.807, 2.05) is 48.5 Å². The van der Waals surface area contributed by atoms with Gasteiger partial charge in [-0.1, -0.05) is 29.3 Å². The Morgan fingerprint density at radius 1 is 0.860 bits per heavy atom. The van der Waals surface area contributed by atoms with Gasteiger partial charge in [0.1, 0.15) is 18.1 Å². The molecule has 0 atom stereocenters. The van der Waals surface area contributed by atoms with Gasteiger partial charge in [0.05, 0.1) is 33.2 Å². The van der Waals surface area contributed by atoms with Crippen molar-refractivity contribution < 1.29 is 18.6 Å². The first-order valence-corrected chi connectivity index (χ1v) is 13.7. The predicted octanol–water partition coefficient (Wildman–Crippen LogP) is 7.17. The summed E-state index contributed by atoms with van der Waals surface area (Å²) >= 11 is 12.2. The van der Waals surface area contributed by atoms with Gasteiger partial charge in [-0.3, -0.25) is 0 Å². The zero-order valence-electron chi connectivity index (χ0n) is 23.2. The number of nitrogens with one attached hydrogen (secondary N) is 3. The molecule has 0 fully saturated rings. The maximum absolute atomic E-state index is 6.26. The minimum absolute atomic E-state index is 0.218. The second-order valence-electron chi connectivity index (χ2n) is 8.90. The van der Waals surface area contributed by atoms with Crippen molar-refractivity contribution in [2.75, 3.05) is 30.3 Å². The first-order chi connectivity index (χ1) is 21.0. The lowest BCUT2D eigenvalue weighted by Crippen LogP contribution is -2.09. The summed E-state index contributed by atoms with van der Waals surface area (Å²) in [5.41, 5.74) is 5.19. The number of hydrogen-bond acceptors (Lipinski definition) is 11. The Kier molecular flexibility index (Phi) is 9.78. The molecule has 0 amide bonds. The van der Waals surface area contributed by atoms with Crippen LogP contribution < -0.4 is 30.3 Å². The van der Waals surface area contributed by atoms with Crippen molar-refractivity contribution in [2.24, 2.45) is 5.10 Å². The Labute approximate surface area is 257 Å². The molecule has 220 valence electrons. The maximum Gasteiger partial charge on any atom is 0.250 e. The molecule has 3 aromatic carbocycles. The highest BCUT2D eigenvalue weighted by molar-refractivity contribution is 6.35. The number of ether oxygens (including phenoxy) is 3.